The predicted octanol–water partition coefficient (Wildman–Crippen LogP) is 8.24. The van der Waals surface area contributed by atoms with Gasteiger partial charge in [0, 0.05) is 18.7 Å². The summed E-state index contributed by atoms with van der Waals surface area (Å²) in [5.41, 5.74) is 1.38. The monoisotopic (exact) mass is 542 g/mol. The Balaban J connectivity index is 1.91. The summed E-state index contributed by atoms with van der Waals surface area (Å²) in [7, 11) is 0. The lowest BCUT2D eigenvalue weighted by atomic mass is 9.87. The molecule has 3 aromatic rings. The summed E-state index contributed by atoms with van der Waals surface area (Å²) in [5, 5.41) is 0.395. The molecule has 186 valence electrons. The highest BCUT2D eigenvalue weighted by Gasteiger charge is 2.34. The Morgan fingerprint density at radius 2 is 1.51 bits per heavy atom. The van der Waals surface area contributed by atoms with Crippen molar-refractivity contribution in [3.63, 3.8) is 0 Å². The van der Waals surface area contributed by atoms with E-state index in [2.05, 4.69) is 25.8 Å². The van der Waals surface area contributed by atoms with Gasteiger partial charge in [-0.25, -0.2) is 4.98 Å². The van der Waals surface area contributed by atoms with Crippen molar-refractivity contribution in [3.8, 4) is 0 Å². The van der Waals surface area contributed by atoms with Gasteiger partial charge in [0.2, 0.25) is 0 Å². The van der Waals surface area contributed by atoms with Gasteiger partial charge in [-0.05, 0) is 52.8 Å². The Labute approximate surface area is 217 Å². The van der Waals surface area contributed by atoms with Crippen LogP contribution < -0.4 is 0 Å². The summed E-state index contributed by atoms with van der Waals surface area (Å²) < 4.78 is 39.8. The first kappa shape index (κ1) is 27.3. The van der Waals surface area contributed by atoms with Crippen molar-refractivity contribution in [1.82, 2.24) is 9.88 Å². The third kappa shape index (κ3) is 7.35. The van der Waals surface area contributed by atoms with Crippen LogP contribution in [0.5, 0.6) is 0 Å². The van der Waals surface area contributed by atoms with Gasteiger partial charge in [0.15, 0.2) is 0 Å². The largest absolute Gasteiger partial charge is 0.433 e. The lowest BCUT2D eigenvalue weighted by Gasteiger charge is -2.25. The van der Waals surface area contributed by atoms with E-state index in [1.807, 2.05) is 24.3 Å². The number of rotatable bonds is 6. The number of pyridine rings is 1. The zero-order valence-electron chi connectivity index (χ0n) is 19.4. The number of carbonyl (C=O) groups is 1. The molecule has 0 N–H and O–H groups in total. The first-order chi connectivity index (χ1) is 16.2. The van der Waals surface area contributed by atoms with Gasteiger partial charge < -0.3 is 4.90 Å². The summed E-state index contributed by atoms with van der Waals surface area (Å²) in [6, 6.07) is 14.8. The topological polar surface area (TPSA) is 33.2 Å². The molecule has 0 saturated heterocycles. The Morgan fingerprint density at radius 3 is 2.09 bits per heavy atom. The number of aromatic nitrogens is 1. The van der Waals surface area contributed by atoms with Crippen molar-refractivity contribution in [1.29, 1.82) is 0 Å². The molecule has 3 rings (SSSR count). The lowest BCUT2D eigenvalue weighted by Crippen LogP contribution is -2.33. The second-order valence-corrected chi connectivity index (χ2v) is 10.4. The highest BCUT2D eigenvalue weighted by atomic mass is 35.5. The molecule has 0 aliphatic heterocycles. The standard InChI is InChI=1S/C26H24Cl3F3N2O/c1-25(2,3)19-7-4-17(5-8-19)15-34(11-10-16-6-9-20(27)21(28)12-16)24(35)18-13-22(26(30,31)32)33-23(29)14-18/h4-9,12-14H,10-11,15H2,1-3H3. The number of amides is 1. The van der Waals surface area contributed by atoms with Crippen molar-refractivity contribution in [3.05, 3.63) is 97.7 Å². The number of hydrogen-bond acceptors (Lipinski definition) is 2. The van der Waals surface area contributed by atoms with Crippen LogP contribution in [0.4, 0.5) is 13.2 Å². The van der Waals surface area contributed by atoms with Crippen molar-refractivity contribution in [2.24, 2.45) is 0 Å². The highest BCUT2D eigenvalue weighted by Crippen LogP contribution is 2.30. The molecule has 0 bridgehead atoms. The van der Waals surface area contributed by atoms with E-state index < -0.39 is 22.9 Å². The number of halogens is 6. The number of benzene rings is 2. The summed E-state index contributed by atoms with van der Waals surface area (Å²) in [6.07, 6.45) is -4.30. The van der Waals surface area contributed by atoms with Crippen molar-refractivity contribution in [2.45, 2.75) is 45.3 Å². The third-order valence-corrected chi connectivity index (χ3v) is 6.40. The molecule has 2 aromatic carbocycles. The Kier molecular flexibility index (Phi) is 8.40. The van der Waals surface area contributed by atoms with Gasteiger partial charge in [-0.3, -0.25) is 4.79 Å². The molecule has 0 aliphatic rings. The summed E-state index contributed by atoms with van der Waals surface area (Å²) in [6.45, 7) is 6.73. The van der Waals surface area contributed by atoms with E-state index in [-0.39, 0.29) is 24.1 Å². The molecular formula is C26H24Cl3F3N2O. The molecule has 9 heteroatoms. The van der Waals surface area contributed by atoms with E-state index in [4.69, 9.17) is 34.8 Å². The molecule has 0 radical (unpaired) electrons. The second-order valence-electron chi connectivity index (χ2n) is 9.23. The lowest BCUT2D eigenvalue weighted by molar-refractivity contribution is -0.141. The molecule has 0 aliphatic carbocycles. The zero-order chi connectivity index (χ0) is 26.0. The maximum absolute atomic E-state index is 13.4. The first-order valence-electron chi connectivity index (χ1n) is 10.8. The van der Waals surface area contributed by atoms with E-state index in [1.165, 1.54) is 4.90 Å². The van der Waals surface area contributed by atoms with Gasteiger partial charge in [-0.15, -0.1) is 0 Å². The minimum atomic E-state index is -4.73. The normalized spacial score (nSPS) is 12.0. The van der Waals surface area contributed by atoms with Crippen LogP contribution in [0.3, 0.4) is 0 Å². The maximum Gasteiger partial charge on any atom is 0.433 e. The number of nitrogens with zero attached hydrogens (tertiary/aromatic N) is 2. The number of alkyl halides is 3. The highest BCUT2D eigenvalue weighted by molar-refractivity contribution is 6.42. The van der Waals surface area contributed by atoms with Gasteiger partial charge in [0.25, 0.3) is 5.91 Å². The van der Waals surface area contributed by atoms with E-state index in [0.717, 1.165) is 28.8 Å². The van der Waals surface area contributed by atoms with Crippen molar-refractivity contribution in [2.75, 3.05) is 6.54 Å². The third-order valence-electron chi connectivity index (χ3n) is 5.47. The Bertz CT molecular complexity index is 1210. The van der Waals surface area contributed by atoms with Crippen LogP contribution in [0.25, 0.3) is 0 Å². The number of hydrogen-bond donors (Lipinski definition) is 0. The fraction of sp³-hybridized carbons (Fsp3) is 0.308. The molecule has 0 fully saturated rings. The molecule has 0 unspecified atom stereocenters. The molecule has 1 aromatic heterocycles. The molecule has 0 spiro atoms. The minimum absolute atomic E-state index is 0.0380. The smallest absolute Gasteiger partial charge is 0.334 e. The maximum atomic E-state index is 13.4. The molecule has 1 heterocycles. The first-order valence-corrected chi connectivity index (χ1v) is 11.9. The second kappa shape index (κ2) is 10.8. The van der Waals surface area contributed by atoms with Crippen molar-refractivity contribution >= 4 is 40.7 Å². The molecule has 0 saturated carbocycles. The van der Waals surface area contributed by atoms with Gasteiger partial charge >= 0.3 is 6.18 Å². The van der Waals surface area contributed by atoms with Crippen LogP contribution in [-0.2, 0) is 24.6 Å². The van der Waals surface area contributed by atoms with Crippen LogP contribution in [0.15, 0.2) is 54.6 Å². The summed E-state index contributed by atoms with van der Waals surface area (Å²) in [5.74, 6) is -0.584. The summed E-state index contributed by atoms with van der Waals surface area (Å²) >= 11 is 17.9. The molecule has 1 amide bonds. The van der Waals surface area contributed by atoms with E-state index in [9.17, 15) is 18.0 Å². The summed E-state index contributed by atoms with van der Waals surface area (Å²) in [4.78, 5) is 18.2. The van der Waals surface area contributed by atoms with Gasteiger partial charge in [0.05, 0.1) is 10.0 Å². The Morgan fingerprint density at radius 1 is 0.886 bits per heavy atom. The fourth-order valence-corrected chi connectivity index (χ4v) is 4.02. The average Bonchev–Trinajstić information content (AvgIpc) is 2.77. The van der Waals surface area contributed by atoms with E-state index >= 15 is 0 Å². The predicted molar refractivity (Wildman–Crippen MR) is 134 cm³/mol. The minimum Gasteiger partial charge on any atom is -0.334 e. The molecule has 3 nitrogen and oxygen atoms in total. The van der Waals surface area contributed by atoms with Gasteiger partial charge in [-0.2, -0.15) is 13.2 Å². The van der Waals surface area contributed by atoms with Gasteiger partial charge in [-0.1, -0.05) is 85.9 Å². The molecule has 35 heavy (non-hydrogen) atoms. The van der Waals surface area contributed by atoms with Crippen molar-refractivity contribution < 1.29 is 18.0 Å². The number of carbonyl (C=O) groups excluding carboxylic acids is 1. The van der Waals surface area contributed by atoms with Gasteiger partial charge in [0.1, 0.15) is 10.8 Å². The van der Waals surface area contributed by atoms with Crippen LogP contribution >= 0.6 is 34.8 Å². The Hall–Kier alpha value is -2.28. The quantitative estimate of drug-likeness (QED) is 0.293. The van der Waals surface area contributed by atoms with Crippen LogP contribution in [-0.4, -0.2) is 22.3 Å². The van der Waals surface area contributed by atoms with Crippen LogP contribution in [0.2, 0.25) is 15.2 Å². The molecule has 0 atom stereocenters. The average molecular weight is 544 g/mol. The molecular weight excluding hydrogens is 520 g/mol. The van der Waals surface area contributed by atoms with Crippen LogP contribution in [0, 0.1) is 0 Å². The van der Waals surface area contributed by atoms with Crippen LogP contribution in [0.1, 0.15) is 53.5 Å². The SMILES string of the molecule is CC(C)(C)c1ccc(CN(CCc2ccc(Cl)c(Cl)c2)C(=O)c2cc(Cl)nc(C(F)(F)F)c2)cc1. The fourth-order valence-electron chi connectivity index (χ4n) is 3.49. The zero-order valence-corrected chi connectivity index (χ0v) is 21.7. The van der Waals surface area contributed by atoms with E-state index in [0.29, 0.717) is 16.5 Å². The van der Waals surface area contributed by atoms with E-state index in [1.54, 1.807) is 18.2 Å².